The van der Waals surface area contributed by atoms with Crippen molar-refractivity contribution in [1.29, 1.82) is 0 Å². The zero-order valence-electron chi connectivity index (χ0n) is 18.7. The highest BCUT2D eigenvalue weighted by atomic mass is 19.1. The Hall–Kier alpha value is -3.73. The molecule has 1 amide bonds. The molecule has 0 radical (unpaired) electrons. The second-order valence-corrected chi connectivity index (χ2v) is 8.56. The maximum Gasteiger partial charge on any atom is 0.229 e. The molecule has 4 aromatic rings. The van der Waals surface area contributed by atoms with E-state index in [9.17, 15) is 9.18 Å². The van der Waals surface area contributed by atoms with Gasteiger partial charge in [-0.25, -0.2) is 9.37 Å². The second kappa shape index (κ2) is 8.66. The minimum atomic E-state index is -0.353. The highest BCUT2D eigenvalue weighted by Crippen LogP contribution is 2.36. The van der Waals surface area contributed by atoms with Crippen molar-refractivity contribution < 1.29 is 13.6 Å². The van der Waals surface area contributed by atoms with Crippen LogP contribution in [-0.4, -0.2) is 22.3 Å². The minimum Gasteiger partial charge on any atom is -0.441 e. The van der Waals surface area contributed by atoms with Crippen LogP contribution in [0.4, 0.5) is 4.39 Å². The van der Waals surface area contributed by atoms with E-state index in [-0.39, 0.29) is 24.2 Å². The fourth-order valence-corrected chi connectivity index (χ4v) is 4.53. The lowest BCUT2D eigenvalue weighted by Crippen LogP contribution is -2.41. The number of oxazole rings is 1. The molecule has 1 aromatic heterocycles. The van der Waals surface area contributed by atoms with Gasteiger partial charge in [-0.15, -0.1) is 0 Å². The number of carbonyl (C=O) groups is 1. The van der Waals surface area contributed by atoms with E-state index >= 15 is 0 Å². The molecule has 0 saturated carbocycles. The maximum absolute atomic E-state index is 13.6. The molecule has 5 heteroatoms. The molecule has 0 saturated heterocycles. The second-order valence-electron chi connectivity index (χ2n) is 8.56. The summed E-state index contributed by atoms with van der Waals surface area (Å²) in [7, 11) is 0. The number of halogens is 1. The van der Waals surface area contributed by atoms with Crippen molar-refractivity contribution >= 4 is 5.91 Å². The number of aryl methyl sites for hydroxylation is 2. The summed E-state index contributed by atoms with van der Waals surface area (Å²) in [5, 5.41) is 0. The Morgan fingerprint density at radius 3 is 2.64 bits per heavy atom. The quantitative estimate of drug-likeness (QED) is 0.402. The minimum absolute atomic E-state index is 0.00253. The van der Waals surface area contributed by atoms with E-state index in [1.807, 2.05) is 11.0 Å². The lowest BCUT2D eigenvalue weighted by atomic mass is 9.87. The summed E-state index contributed by atoms with van der Waals surface area (Å²) in [4.78, 5) is 20.0. The highest BCUT2D eigenvalue weighted by Gasteiger charge is 2.32. The van der Waals surface area contributed by atoms with Gasteiger partial charge in [-0.05, 0) is 55.2 Å². The van der Waals surface area contributed by atoms with Gasteiger partial charge >= 0.3 is 0 Å². The van der Waals surface area contributed by atoms with Gasteiger partial charge in [0.2, 0.25) is 11.8 Å². The number of fused-ring (bicyclic) bond motifs is 1. The van der Waals surface area contributed by atoms with Crippen molar-refractivity contribution in [3.8, 4) is 11.5 Å². The molecule has 0 aliphatic carbocycles. The summed E-state index contributed by atoms with van der Waals surface area (Å²) in [5.74, 6) is 0.548. The van der Waals surface area contributed by atoms with E-state index in [1.54, 1.807) is 19.1 Å². The first kappa shape index (κ1) is 21.1. The van der Waals surface area contributed by atoms with Gasteiger partial charge in [-0.3, -0.25) is 4.79 Å². The lowest BCUT2D eigenvalue weighted by Gasteiger charge is -2.38. The summed E-state index contributed by atoms with van der Waals surface area (Å²) in [6, 6.07) is 22.7. The average molecular weight is 441 g/mol. The van der Waals surface area contributed by atoms with Gasteiger partial charge in [-0.1, -0.05) is 60.2 Å². The average Bonchev–Trinajstić information content (AvgIpc) is 3.19. The van der Waals surface area contributed by atoms with E-state index in [0.29, 0.717) is 29.5 Å². The van der Waals surface area contributed by atoms with Gasteiger partial charge in [0.05, 0.1) is 18.2 Å². The first-order valence-electron chi connectivity index (χ1n) is 11.2. The van der Waals surface area contributed by atoms with Crippen LogP contribution in [0.3, 0.4) is 0 Å². The predicted molar refractivity (Wildman–Crippen MR) is 125 cm³/mol. The van der Waals surface area contributed by atoms with Gasteiger partial charge < -0.3 is 9.32 Å². The van der Waals surface area contributed by atoms with Gasteiger partial charge in [0.25, 0.3) is 0 Å². The van der Waals surface area contributed by atoms with E-state index < -0.39 is 0 Å². The number of nitrogens with zero attached hydrogens (tertiary/aromatic N) is 2. The standard InChI is InChI=1S/C28H25FN2O2/c1-18-10-12-21(13-11-18)27-24-9-4-3-6-20(24)14-15-31(27)26(32)17-25-19(2)33-28(30-25)22-7-5-8-23(29)16-22/h3-13,16,27H,14-15,17H2,1-2H3. The van der Waals surface area contributed by atoms with Crippen molar-refractivity contribution in [3.63, 3.8) is 0 Å². The van der Waals surface area contributed by atoms with Crippen LogP contribution in [0, 0.1) is 19.7 Å². The smallest absolute Gasteiger partial charge is 0.229 e. The Morgan fingerprint density at radius 1 is 1.06 bits per heavy atom. The molecule has 1 atom stereocenters. The first-order chi connectivity index (χ1) is 16.0. The summed E-state index contributed by atoms with van der Waals surface area (Å²) >= 11 is 0. The number of carbonyl (C=O) groups excluding carboxylic acids is 1. The Balaban J connectivity index is 1.46. The van der Waals surface area contributed by atoms with Crippen LogP contribution >= 0.6 is 0 Å². The summed E-state index contributed by atoms with van der Waals surface area (Å²) in [6.45, 7) is 4.49. The maximum atomic E-state index is 13.6. The molecule has 0 spiro atoms. The zero-order chi connectivity index (χ0) is 22.9. The topological polar surface area (TPSA) is 46.3 Å². The SMILES string of the molecule is Cc1ccc(C2c3ccccc3CCN2C(=O)Cc2nc(-c3cccc(F)c3)oc2C)cc1. The summed E-state index contributed by atoms with van der Waals surface area (Å²) in [6.07, 6.45) is 0.950. The molecule has 1 aliphatic rings. The molecule has 1 unspecified atom stereocenters. The Morgan fingerprint density at radius 2 is 1.85 bits per heavy atom. The third-order valence-corrected chi connectivity index (χ3v) is 6.28. The van der Waals surface area contributed by atoms with Crippen LogP contribution in [0.5, 0.6) is 0 Å². The number of hydrogen-bond acceptors (Lipinski definition) is 3. The Kier molecular flexibility index (Phi) is 5.55. The number of amides is 1. The summed E-state index contributed by atoms with van der Waals surface area (Å²) in [5.41, 5.74) is 5.86. The zero-order valence-corrected chi connectivity index (χ0v) is 18.7. The molecule has 0 bridgehead atoms. The largest absolute Gasteiger partial charge is 0.441 e. The van der Waals surface area contributed by atoms with Crippen LogP contribution in [-0.2, 0) is 17.6 Å². The molecule has 0 fully saturated rings. The molecule has 166 valence electrons. The normalized spacial score (nSPS) is 15.4. The molecule has 2 heterocycles. The van der Waals surface area contributed by atoms with Crippen molar-refractivity contribution in [2.24, 2.45) is 0 Å². The van der Waals surface area contributed by atoms with E-state index in [1.165, 1.54) is 28.8 Å². The molecular weight excluding hydrogens is 415 g/mol. The van der Waals surface area contributed by atoms with Crippen LogP contribution in [0.15, 0.2) is 77.2 Å². The molecule has 3 aromatic carbocycles. The lowest BCUT2D eigenvalue weighted by molar-refractivity contribution is -0.132. The molecule has 1 aliphatic heterocycles. The van der Waals surface area contributed by atoms with Crippen LogP contribution in [0.2, 0.25) is 0 Å². The Bertz CT molecular complexity index is 1310. The van der Waals surface area contributed by atoms with Crippen molar-refractivity contribution in [1.82, 2.24) is 9.88 Å². The van der Waals surface area contributed by atoms with Crippen molar-refractivity contribution in [2.75, 3.05) is 6.54 Å². The fourth-order valence-electron chi connectivity index (χ4n) is 4.53. The van der Waals surface area contributed by atoms with Crippen LogP contribution < -0.4 is 0 Å². The van der Waals surface area contributed by atoms with Crippen LogP contribution in [0.1, 0.15) is 39.7 Å². The fraction of sp³-hybridized carbons (Fsp3) is 0.214. The first-order valence-corrected chi connectivity index (χ1v) is 11.2. The van der Waals surface area contributed by atoms with Gasteiger partial charge in [-0.2, -0.15) is 0 Å². The third-order valence-electron chi connectivity index (χ3n) is 6.28. The van der Waals surface area contributed by atoms with Gasteiger partial charge in [0.15, 0.2) is 0 Å². The van der Waals surface area contributed by atoms with E-state index in [0.717, 1.165) is 12.0 Å². The van der Waals surface area contributed by atoms with Gasteiger partial charge in [0.1, 0.15) is 11.6 Å². The van der Waals surface area contributed by atoms with E-state index in [2.05, 4.69) is 54.4 Å². The number of hydrogen-bond donors (Lipinski definition) is 0. The van der Waals surface area contributed by atoms with Crippen molar-refractivity contribution in [2.45, 2.75) is 32.7 Å². The van der Waals surface area contributed by atoms with Crippen LogP contribution in [0.25, 0.3) is 11.5 Å². The third kappa shape index (κ3) is 4.19. The van der Waals surface area contributed by atoms with Crippen molar-refractivity contribution in [3.05, 3.63) is 112 Å². The molecule has 0 N–H and O–H groups in total. The predicted octanol–water partition coefficient (Wildman–Crippen LogP) is 5.81. The number of benzene rings is 3. The Labute approximate surface area is 192 Å². The van der Waals surface area contributed by atoms with E-state index in [4.69, 9.17) is 4.42 Å². The highest BCUT2D eigenvalue weighted by molar-refractivity contribution is 5.80. The molecule has 5 rings (SSSR count). The molecular formula is C28H25FN2O2. The monoisotopic (exact) mass is 440 g/mol. The number of aromatic nitrogens is 1. The molecule has 33 heavy (non-hydrogen) atoms. The summed E-state index contributed by atoms with van der Waals surface area (Å²) < 4.78 is 19.4. The van der Waals surface area contributed by atoms with Gasteiger partial charge in [0, 0.05) is 12.1 Å². The number of rotatable bonds is 4. The molecule has 4 nitrogen and oxygen atoms in total.